The summed E-state index contributed by atoms with van der Waals surface area (Å²) in [6, 6.07) is 14.4. The van der Waals surface area contributed by atoms with Crippen LogP contribution in [-0.4, -0.2) is 46.0 Å². The molecule has 0 spiro atoms. The molecule has 55 heavy (non-hydrogen) atoms. The first-order valence-electron chi connectivity index (χ1n) is 16.8. The first-order chi connectivity index (χ1) is 25.6. The maximum atomic E-state index is 15.7. The Morgan fingerprint density at radius 2 is 1.76 bits per heavy atom. The number of rotatable bonds is 14. The predicted molar refractivity (Wildman–Crippen MR) is 187 cm³/mol. The standard InChI is InChI=1S/C38H36F5N6O4S.BrH/c1-5-12-45-17-33(50)52-34-23(2)13-27(14-24(34)3)18-48-21-46-49(22-48)20-37(53-36(51)38(41,42)43,30-11-10-29(39)15-31(30)40)25(4)35-47-32(19-54-35)28-8-6-26(16-44)7-9-28;/h6-11,13-15,19,21-22,25,45H,5,12,17-18,20H2,1-4H3;1H/q+1;/p-1. The Balaban J connectivity index is 0.00000673. The van der Waals surface area contributed by atoms with Gasteiger partial charge in [0.2, 0.25) is 6.33 Å². The van der Waals surface area contributed by atoms with Crippen LogP contribution in [0.2, 0.25) is 0 Å². The van der Waals surface area contributed by atoms with Crippen molar-refractivity contribution in [1.29, 1.82) is 5.26 Å². The van der Waals surface area contributed by atoms with E-state index in [2.05, 4.69) is 15.4 Å². The first kappa shape index (κ1) is 42.7. The number of hydrogen-bond donors (Lipinski definition) is 1. The number of esters is 2. The Bertz CT molecular complexity index is 2160. The maximum Gasteiger partial charge on any atom is 0.490 e. The molecule has 0 radical (unpaired) electrons. The molecule has 0 saturated carbocycles. The summed E-state index contributed by atoms with van der Waals surface area (Å²) in [4.78, 5) is 29.6. The van der Waals surface area contributed by atoms with E-state index in [0.717, 1.165) is 35.5 Å². The van der Waals surface area contributed by atoms with Crippen LogP contribution in [0.5, 0.6) is 5.75 Å². The number of nitrogens with one attached hydrogen (secondary N) is 1. The van der Waals surface area contributed by atoms with E-state index in [0.29, 0.717) is 46.3 Å². The number of carbonyl (C=O) groups is 2. The summed E-state index contributed by atoms with van der Waals surface area (Å²) in [7, 11) is 0. The third-order valence-corrected chi connectivity index (χ3v) is 9.65. The monoisotopic (exact) mass is 846 g/mol. The van der Waals surface area contributed by atoms with E-state index in [1.54, 1.807) is 48.1 Å². The molecule has 0 bridgehead atoms. The zero-order valence-corrected chi connectivity index (χ0v) is 32.5. The van der Waals surface area contributed by atoms with Gasteiger partial charge in [-0.3, -0.25) is 4.79 Å². The number of halogens is 6. The molecule has 3 aromatic carbocycles. The highest BCUT2D eigenvalue weighted by molar-refractivity contribution is 7.10. The lowest BCUT2D eigenvalue weighted by molar-refractivity contribution is -0.689. The normalized spacial score (nSPS) is 12.9. The number of hydrogen-bond acceptors (Lipinski definition) is 9. The molecule has 2 atom stereocenters. The van der Waals surface area contributed by atoms with Gasteiger partial charge in [-0.05, 0) is 79.9 Å². The molecule has 0 aliphatic heterocycles. The minimum atomic E-state index is -5.47. The number of thiazole rings is 1. The third-order valence-electron chi connectivity index (χ3n) is 8.62. The Kier molecular flexibility index (Phi) is 14.0. The number of ether oxygens (including phenoxy) is 2. The van der Waals surface area contributed by atoms with E-state index in [1.807, 2.05) is 25.1 Å². The van der Waals surface area contributed by atoms with Gasteiger partial charge in [0.25, 0.3) is 6.33 Å². The minimum absolute atomic E-state index is 0. The van der Waals surface area contributed by atoms with Gasteiger partial charge >= 0.3 is 18.1 Å². The SMILES string of the molecule is CCCNCC(=O)Oc1c(C)cc(C[n+]2cnn(CC(OC(=O)C(F)(F)F)(c3ccc(F)cc3F)C(C)c3nc(-c4ccc(C#N)cc4)cs3)c2)cc1C.[Br-]. The third kappa shape index (κ3) is 10.2. The van der Waals surface area contributed by atoms with Gasteiger partial charge in [0.15, 0.2) is 5.60 Å². The largest absolute Gasteiger partial charge is 1.00 e. The van der Waals surface area contributed by atoms with Crippen molar-refractivity contribution in [3.63, 3.8) is 0 Å². The fourth-order valence-corrected chi connectivity index (χ4v) is 6.98. The zero-order chi connectivity index (χ0) is 39.2. The number of nitriles is 1. The molecule has 1 N–H and O–H groups in total. The van der Waals surface area contributed by atoms with Crippen molar-refractivity contribution in [2.45, 2.75) is 64.9 Å². The average Bonchev–Trinajstić information content (AvgIpc) is 3.79. The topological polar surface area (TPSA) is 123 Å². The highest BCUT2D eigenvalue weighted by Gasteiger charge is 2.53. The summed E-state index contributed by atoms with van der Waals surface area (Å²) < 4.78 is 85.4. The lowest BCUT2D eigenvalue weighted by Gasteiger charge is -2.36. The van der Waals surface area contributed by atoms with Crippen molar-refractivity contribution in [3.05, 3.63) is 117 Å². The molecule has 5 rings (SSSR count). The summed E-state index contributed by atoms with van der Waals surface area (Å²) in [6.45, 7) is 7.33. The van der Waals surface area contributed by atoms with Gasteiger partial charge in [0.1, 0.15) is 28.9 Å². The molecule has 0 fully saturated rings. The van der Waals surface area contributed by atoms with E-state index < -0.39 is 53.4 Å². The summed E-state index contributed by atoms with van der Waals surface area (Å²) in [5.74, 6) is -6.06. The van der Waals surface area contributed by atoms with Crippen molar-refractivity contribution in [3.8, 4) is 23.1 Å². The van der Waals surface area contributed by atoms with Crippen molar-refractivity contribution in [2.24, 2.45) is 0 Å². The lowest BCUT2D eigenvalue weighted by atomic mass is 9.81. The Morgan fingerprint density at radius 3 is 2.38 bits per heavy atom. The van der Waals surface area contributed by atoms with Gasteiger partial charge in [0.05, 0.1) is 36.3 Å². The molecule has 290 valence electrons. The molecule has 17 heteroatoms. The molecular formula is C38H36BrF5N6O4S. The second-order valence-electron chi connectivity index (χ2n) is 12.7. The Hall–Kier alpha value is -5.05. The molecule has 2 unspecified atom stereocenters. The Labute approximate surface area is 328 Å². The van der Waals surface area contributed by atoms with Gasteiger partial charge < -0.3 is 31.8 Å². The highest BCUT2D eigenvalue weighted by Crippen LogP contribution is 2.45. The van der Waals surface area contributed by atoms with Crippen molar-refractivity contribution >= 4 is 23.3 Å². The van der Waals surface area contributed by atoms with Crippen LogP contribution in [0.25, 0.3) is 11.3 Å². The number of benzene rings is 3. The number of nitrogens with zero attached hydrogens (tertiary/aromatic N) is 5. The van der Waals surface area contributed by atoms with Gasteiger partial charge in [-0.2, -0.15) is 18.4 Å². The number of alkyl halides is 3. The van der Waals surface area contributed by atoms with Gasteiger partial charge in [0, 0.05) is 27.7 Å². The average molecular weight is 848 g/mol. The Morgan fingerprint density at radius 1 is 1.07 bits per heavy atom. The van der Waals surface area contributed by atoms with Gasteiger partial charge in [-0.1, -0.05) is 26.0 Å². The number of carbonyl (C=O) groups excluding carboxylic acids is 2. The van der Waals surface area contributed by atoms with Crippen LogP contribution >= 0.6 is 11.3 Å². The molecule has 2 aromatic heterocycles. The van der Waals surface area contributed by atoms with Crippen LogP contribution in [-0.2, 0) is 33.0 Å². The molecule has 5 aromatic rings. The van der Waals surface area contributed by atoms with E-state index >= 15 is 4.39 Å². The summed E-state index contributed by atoms with van der Waals surface area (Å²) >= 11 is 1.04. The van der Waals surface area contributed by atoms with Crippen molar-refractivity contribution in [1.82, 2.24) is 20.1 Å². The fraction of sp³-hybridized carbons (Fsp3) is 0.316. The second-order valence-corrected chi connectivity index (χ2v) is 13.6. The van der Waals surface area contributed by atoms with Crippen LogP contribution < -0.4 is 31.6 Å². The van der Waals surface area contributed by atoms with Crippen molar-refractivity contribution in [2.75, 3.05) is 13.1 Å². The fourth-order valence-electron chi connectivity index (χ4n) is 6.01. The molecule has 0 aliphatic rings. The summed E-state index contributed by atoms with van der Waals surface area (Å²) in [5, 5.41) is 18.3. The molecule has 2 heterocycles. The van der Waals surface area contributed by atoms with Crippen LogP contribution in [0.15, 0.2) is 72.6 Å². The summed E-state index contributed by atoms with van der Waals surface area (Å²) in [6.07, 6.45) is -1.76. The molecule has 10 nitrogen and oxygen atoms in total. The quantitative estimate of drug-likeness (QED) is 0.0589. The van der Waals surface area contributed by atoms with E-state index in [-0.39, 0.29) is 35.1 Å². The molecule has 0 amide bonds. The summed E-state index contributed by atoms with van der Waals surface area (Å²) in [5.41, 5.74) is 0.633. The number of aryl methyl sites for hydroxylation is 2. The predicted octanol–water partition coefficient (Wildman–Crippen LogP) is 3.82. The minimum Gasteiger partial charge on any atom is -1.00 e. The highest BCUT2D eigenvalue weighted by atomic mass is 79.9. The smallest absolute Gasteiger partial charge is 0.490 e. The van der Waals surface area contributed by atoms with Crippen molar-refractivity contribution < 1.29 is 62.6 Å². The van der Waals surface area contributed by atoms with E-state index in [4.69, 9.17) is 14.7 Å². The van der Waals surface area contributed by atoms with Gasteiger partial charge in [-0.25, -0.2) is 23.1 Å². The molecular weight excluding hydrogens is 811 g/mol. The lowest BCUT2D eigenvalue weighted by Crippen LogP contribution is -3.00. The van der Waals surface area contributed by atoms with Crippen LogP contribution in [0, 0.1) is 36.8 Å². The second kappa shape index (κ2) is 18.1. The molecule has 0 aliphatic carbocycles. The van der Waals surface area contributed by atoms with Crippen LogP contribution in [0.3, 0.4) is 0 Å². The van der Waals surface area contributed by atoms with Crippen LogP contribution in [0.1, 0.15) is 59.0 Å². The van der Waals surface area contributed by atoms with E-state index in [9.17, 15) is 27.2 Å². The zero-order valence-electron chi connectivity index (χ0n) is 30.1. The molecule has 0 saturated heterocycles. The van der Waals surface area contributed by atoms with Crippen LogP contribution in [0.4, 0.5) is 22.0 Å². The first-order valence-corrected chi connectivity index (χ1v) is 17.7. The number of aromatic nitrogens is 4. The maximum absolute atomic E-state index is 15.7. The van der Waals surface area contributed by atoms with Gasteiger partial charge in [-0.15, -0.1) is 16.0 Å². The van der Waals surface area contributed by atoms with E-state index in [1.165, 1.54) is 24.3 Å².